The molecule has 0 aliphatic heterocycles. The van der Waals surface area contributed by atoms with Crippen LogP contribution in [0.4, 0.5) is 0 Å². The van der Waals surface area contributed by atoms with Gasteiger partial charge in [-0.1, -0.05) is 24.3 Å². The average molecular weight is 465 g/mol. The summed E-state index contributed by atoms with van der Waals surface area (Å²) in [5, 5.41) is 0. The fourth-order valence-corrected chi connectivity index (χ4v) is 4.06. The molecule has 0 amide bonds. The third-order valence-corrected chi connectivity index (χ3v) is 5.75. The Morgan fingerprint density at radius 2 is 0.667 bits per heavy atom. The lowest BCUT2D eigenvalue weighted by atomic mass is 10.0. The molecule has 6 rings (SSSR count). The molecule has 0 unspecified atom stereocenters. The topological polar surface area (TPSA) is 77.3 Å². The molecule has 0 fully saturated rings. The standard InChI is InChI=1S/C30H20N6/c1-5-17-31-23(9-1)21-13-15-25(35-29(21)27-11-3-7-19-33-27)26-16-14-22(24-10-2-6-18-32-24)30(36-26)28-12-4-8-20-34-28/h1-20H. The molecule has 0 saturated carbocycles. The molecule has 0 radical (unpaired) electrons. The minimum absolute atomic E-state index is 0.736. The first-order chi connectivity index (χ1) is 17.9. The van der Waals surface area contributed by atoms with Crippen molar-refractivity contribution in [3.05, 3.63) is 122 Å². The Morgan fingerprint density at radius 3 is 1.00 bits per heavy atom. The summed E-state index contributed by atoms with van der Waals surface area (Å²) in [5.41, 5.74) is 8.02. The van der Waals surface area contributed by atoms with Crippen LogP contribution < -0.4 is 0 Å². The summed E-state index contributed by atoms with van der Waals surface area (Å²) in [6, 6.07) is 31.3. The summed E-state index contributed by atoms with van der Waals surface area (Å²) in [4.78, 5) is 28.2. The minimum atomic E-state index is 0.736. The van der Waals surface area contributed by atoms with Crippen molar-refractivity contribution >= 4 is 0 Å². The van der Waals surface area contributed by atoms with Crippen molar-refractivity contribution in [2.75, 3.05) is 0 Å². The van der Waals surface area contributed by atoms with E-state index < -0.39 is 0 Å². The Bertz CT molecular complexity index is 1480. The van der Waals surface area contributed by atoms with Crippen LogP contribution in [0.15, 0.2) is 122 Å². The van der Waals surface area contributed by atoms with E-state index in [4.69, 9.17) is 9.97 Å². The van der Waals surface area contributed by atoms with Crippen molar-refractivity contribution in [2.24, 2.45) is 0 Å². The molecule has 0 N–H and O–H groups in total. The number of hydrogen-bond donors (Lipinski definition) is 0. The highest BCUT2D eigenvalue weighted by Gasteiger charge is 2.17. The predicted molar refractivity (Wildman–Crippen MR) is 140 cm³/mol. The van der Waals surface area contributed by atoms with Gasteiger partial charge >= 0.3 is 0 Å². The van der Waals surface area contributed by atoms with Gasteiger partial charge in [-0.3, -0.25) is 19.9 Å². The first-order valence-corrected chi connectivity index (χ1v) is 11.5. The van der Waals surface area contributed by atoms with Crippen LogP contribution in [0.3, 0.4) is 0 Å². The third kappa shape index (κ3) is 4.23. The maximum Gasteiger partial charge on any atom is 0.0988 e. The molecule has 0 atom stereocenters. The molecule has 6 nitrogen and oxygen atoms in total. The van der Waals surface area contributed by atoms with Crippen molar-refractivity contribution < 1.29 is 0 Å². The molecule has 6 heterocycles. The summed E-state index contributed by atoms with van der Waals surface area (Å²) in [5.74, 6) is 0. The summed E-state index contributed by atoms with van der Waals surface area (Å²) >= 11 is 0. The average Bonchev–Trinajstić information content (AvgIpc) is 2.98. The van der Waals surface area contributed by atoms with E-state index in [1.807, 2.05) is 97.1 Å². The van der Waals surface area contributed by atoms with Gasteiger partial charge < -0.3 is 0 Å². The fourth-order valence-electron chi connectivity index (χ4n) is 4.06. The number of hydrogen-bond acceptors (Lipinski definition) is 6. The first-order valence-electron chi connectivity index (χ1n) is 11.5. The zero-order chi connectivity index (χ0) is 24.2. The van der Waals surface area contributed by atoms with E-state index in [-0.39, 0.29) is 0 Å². The van der Waals surface area contributed by atoms with Gasteiger partial charge in [0.2, 0.25) is 0 Å². The summed E-state index contributed by atoms with van der Waals surface area (Å²) in [6.45, 7) is 0. The molecule has 0 aliphatic carbocycles. The SMILES string of the molecule is c1ccc(-c2ccc(-c3ccc(-c4ccccn4)c(-c4ccccn4)n3)nc2-c2ccccn2)nc1. The Balaban J connectivity index is 1.53. The van der Waals surface area contributed by atoms with Crippen LogP contribution in [-0.4, -0.2) is 29.9 Å². The van der Waals surface area contributed by atoms with E-state index in [1.165, 1.54) is 0 Å². The molecule has 36 heavy (non-hydrogen) atoms. The molecular formula is C30H20N6. The van der Waals surface area contributed by atoms with Gasteiger partial charge in [-0.2, -0.15) is 0 Å². The van der Waals surface area contributed by atoms with E-state index in [1.54, 1.807) is 24.8 Å². The van der Waals surface area contributed by atoms with Gasteiger partial charge in [0.25, 0.3) is 0 Å². The minimum Gasteiger partial charge on any atom is -0.256 e. The summed E-state index contributed by atoms with van der Waals surface area (Å²) < 4.78 is 0. The number of nitrogens with zero attached hydrogens (tertiary/aromatic N) is 6. The van der Waals surface area contributed by atoms with E-state index in [9.17, 15) is 0 Å². The van der Waals surface area contributed by atoms with E-state index in [2.05, 4.69) is 19.9 Å². The monoisotopic (exact) mass is 464 g/mol. The maximum atomic E-state index is 5.03. The van der Waals surface area contributed by atoms with Crippen molar-refractivity contribution in [2.45, 2.75) is 0 Å². The molecule has 0 spiro atoms. The number of rotatable bonds is 5. The number of pyridine rings is 6. The Hall–Kier alpha value is -5.10. The fraction of sp³-hybridized carbons (Fsp3) is 0. The normalized spacial score (nSPS) is 10.8. The van der Waals surface area contributed by atoms with Crippen LogP contribution >= 0.6 is 0 Å². The van der Waals surface area contributed by atoms with Crippen molar-refractivity contribution in [3.63, 3.8) is 0 Å². The molecule has 0 bridgehead atoms. The zero-order valence-electron chi connectivity index (χ0n) is 19.2. The Kier molecular flexibility index (Phi) is 5.74. The molecule has 6 aromatic rings. The van der Waals surface area contributed by atoms with Crippen molar-refractivity contribution in [1.29, 1.82) is 0 Å². The van der Waals surface area contributed by atoms with Gasteiger partial charge in [-0.05, 0) is 72.8 Å². The Labute approximate surface area is 208 Å². The molecule has 0 saturated heterocycles. The van der Waals surface area contributed by atoms with Gasteiger partial charge in [0, 0.05) is 35.9 Å². The maximum absolute atomic E-state index is 5.03. The van der Waals surface area contributed by atoms with Gasteiger partial charge in [-0.25, -0.2) is 9.97 Å². The van der Waals surface area contributed by atoms with Crippen LogP contribution in [0.2, 0.25) is 0 Å². The van der Waals surface area contributed by atoms with Crippen LogP contribution in [0.25, 0.3) is 56.7 Å². The van der Waals surface area contributed by atoms with Crippen molar-refractivity contribution in [3.8, 4) is 56.7 Å². The van der Waals surface area contributed by atoms with Gasteiger partial charge in [-0.15, -0.1) is 0 Å². The second-order valence-corrected chi connectivity index (χ2v) is 8.05. The predicted octanol–water partition coefficient (Wildman–Crippen LogP) is 6.39. The van der Waals surface area contributed by atoms with Crippen LogP contribution in [-0.2, 0) is 0 Å². The lowest BCUT2D eigenvalue weighted by Crippen LogP contribution is -1.99. The zero-order valence-corrected chi connectivity index (χ0v) is 19.2. The summed E-state index contributed by atoms with van der Waals surface area (Å²) in [7, 11) is 0. The second-order valence-electron chi connectivity index (χ2n) is 8.05. The lowest BCUT2D eigenvalue weighted by molar-refractivity contribution is 1.19. The Morgan fingerprint density at radius 1 is 0.306 bits per heavy atom. The van der Waals surface area contributed by atoms with Crippen LogP contribution in [0.5, 0.6) is 0 Å². The molecule has 0 aliphatic rings. The molecule has 0 aromatic carbocycles. The van der Waals surface area contributed by atoms with E-state index >= 15 is 0 Å². The largest absolute Gasteiger partial charge is 0.256 e. The summed E-state index contributed by atoms with van der Waals surface area (Å²) in [6.07, 6.45) is 7.10. The van der Waals surface area contributed by atoms with Gasteiger partial charge in [0.1, 0.15) is 0 Å². The molecule has 6 aromatic heterocycles. The lowest BCUT2D eigenvalue weighted by Gasteiger charge is -2.13. The molecule has 170 valence electrons. The smallest absolute Gasteiger partial charge is 0.0988 e. The van der Waals surface area contributed by atoms with Gasteiger partial charge in [0.05, 0.1) is 45.6 Å². The third-order valence-electron chi connectivity index (χ3n) is 5.75. The molecular weight excluding hydrogens is 444 g/mol. The second kappa shape index (κ2) is 9.64. The highest BCUT2D eigenvalue weighted by molar-refractivity contribution is 5.82. The van der Waals surface area contributed by atoms with Crippen molar-refractivity contribution in [1.82, 2.24) is 29.9 Å². The first kappa shape index (κ1) is 21.4. The molecule has 6 heteroatoms. The number of aromatic nitrogens is 6. The van der Waals surface area contributed by atoms with E-state index in [0.29, 0.717) is 0 Å². The van der Waals surface area contributed by atoms with Crippen LogP contribution in [0.1, 0.15) is 0 Å². The highest BCUT2D eigenvalue weighted by Crippen LogP contribution is 2.33. The highest BCUT2D eigenvalue weighted by atomic mass is 14.9. The van der Waals surface area contributed by atoms with E-state index in [0.717, 1.165) is 56.7 Å². The van der Waals surface area contributed by atoms with Gasteiger partial charge in [0.15, 0.2) is 0 Å². The van der Waals surface area contributed by atoms with Crippen LogP contribution in [0, 0.1) is 0 Å². The quantitative estimate of drug-likeness (QED) is 0.294.